The summed E-state index contributed by atoms with van der Waals surface area (Å²) in [5.74, 6) is 0.0981. The highest BCUT2D eigenvalue weighted by Crippen LogP contribution is 2.23. The predicted molar refractivity (Wildman–Crippen MR) is 101 cm³/mol. The molecule has 25 heavy (non-hydrogen) atoms. The van der Waals surface area contributed by atoms with Crippen LogP contribution < -0.4 is 5.32 Å². The number of halogens is 1. The first-order valence-corrected chi connectivity index (χ1v) is 9.73. The fourth-order valence-electron chi connectivity index (χ4n) is 2.66. The molecule has 1 aliphatic heterocycles. The van der Waals surface area contributed by atoms with Gasteiger partial charge in [-0.05, 0) is 12.1 Å². The molecule has 0 atom stereocenters. The van der Waals surface area contributed by atoms with Gasteiger partial charge in [0.25, 0.3) is 0 Å². The van der Waals surface area contributed by atoms with E-state index < -0.39 is 0 Å². The first-order valence-electron chi connectivity index (χ1n) is 8.48. The lowest BCUT2D eigenvalue weighted by atomic mass is 10.2. The van der Waals surface area contributed by atoms with Gasteiger partial charge >= 0.3 is 0 Å². The van der Waals surface area contributed by atoms with Gasteiger partial charge in [-0.2, -0.15) is 0 Å². The summed E-state index contributed by atoms with van der Waals surface area (Å²) >= 11 is 7.53. The predicted octanol–water partition coefficient (Wildman–Crippen LogP) is 2.84. The lowest BCUT2D eigenvalue weighted by Gasteiger charge is -2.26. The van der Waals surface area contributed by atoms with E-state index in [2.05, 4.69) is 15.2 Å². The third-order valence-corrected chi connectivity index (χ3v) is 5.27. The van der Waals surface area contributed by atoms with E-state index in [1.165, 1.54) is 0 Å². The van der Waals surface area contributed by atoms with E-state index in [1.807, 2.05) is 29.6 Å². The molecule has 3 rings (SSSR count). The third-order valence-electron chi connectivity index (χ3n) is 4.11. The Labute approximate surface area is 157 Å². The lowest BCUT2D eigenvalue weighted by Crippen LogP contribution is -2.39. The monoisotopic (exact) mass is 379 g/mol. The van der Waals surface area contributed by atoms with Gasteiger partial charge in [0.2, 0.25) is 5.91 Å². The van der Waals surface area contributed by atoms with E-state index in [0.717, 1.165) is 60.6 Å². The minimum atomic E-state index is 0.0981. The van der Waals surface area contributed by atoms with Crippen molar-refractivity contribution in [3.63, 3.8) is 0 Å². The summed E-state index contributed by atoms with van der Waals surface area (Å²) in [6.45, 7) is 4.78. The van der Waals surface area contributed by atoms with Gasteiger partial charge in [0.05, 0.1) is 23.9 Å². The van der Waals surface area contributed by atoms with E-state index in [1.54, 1.807) is 11.3 Å². The quantitative estimate of drug-likeness (QED) is 0.803. The number of morpholine rings is 1. The zero-order valence-corrected chi connectivity index (χ0v) is 15.6. The molecule has 0 radical (unpaired) electrons. The molecule has 0 spiro atoms. The molecule has 0 aliphatic carbocycles. The van der Waals surface area contributed by atoms with Gasteiger partial charge < -0.3 is 10.1 Å². The van der Waals surface area contributed by atoms with Gasteiger partial charge in [-0.3, -0.25) is 9.69 Å². The molecule has 0 saturated carbocycles. The number of amides is 1. The summed E-state index contributed by atoms with van der Waals surface area (Å²) < 4.78 is 5.31. The molecule has 0 bridgehead atoms. The maximum atomic E-state index is 11.9. The van der Waals surface area contributed by atoms with Crippen molar-refractivity contribution in [1.29, 1.82) is 0 Å². The number of nitrogens with one attached hydrogen (secondary N) is 1. The summed E-state index contributed by atoms with van der Waals surface area (Å²) in [4.78, 5) is 18.8. The van der Waals surface area contributed by atoms with Crippen molar-refractivity contribution < 1.29 is 9.53 Å². The number of rotatable bonds is 7. The van der Waals surface area contributed by atoms with Crippen molar-refractivity contribution in [3.8, 4) is 11.3 Å². The SMILES string of the molecule is O=C(CCN1CCOCC1)NCCc1nc(-c2ccc(Cl)cc2)cs1. The highest BCUT2D eigenvalue weighted by Gasteiger charge is 2.12. The van der Waals surface area contributed by atoms with Crippen LogP contribution in [-0.2, 0) is 16.0 Å². The van der Waals surface area contributed by atoms with Crippen LogP contribution in [0.5, 0.6) is 0 Å². The molecule has 134 valence electrons. The van der Waals surface area contributed by atoms with Crippen LogP contribution in [0.2, 0.25) is 5.02 Å². The number of ether oxygens (including phenoxy) is 1. The zero-order chi connectivity index (χ0) is 17.5. The summed E-state index contributed by atoms with van der Waals surface area (Å²) in [5.41, 5.74) is 2.01. The Morgan fingerprint density at radius 3 is 2.80 bits per heavy atom. The standard InChI is InChI=1S/C18H22ClN3O2S/c19-15-3-1-14(2-4-15)16-13-25-18(21-16)5-7-20-17(23)6-8-22-9-11-24-12-10-22/h1-4,13H,5-12H2,(H,20,23). The number of nitrogens with zero attached hydrogens (tertiary/aromatic N) is 2. The second-order valence-corrected chi connectivity index (χ2v) is 7.32. The fraction of sp³-hybridized carbons (Fsp3) is 0.444. The number of hydrogen-bond donors (Lipinski definition) is 1. The highest BCUT2D eigenvalue weighted by atomic mass is 35.5. The van der Waals surface area contributed by atoms with Crippen molar-refractivity contribution in [2.24, 2.45) is 0 Å². The number of carbonyl (C=O) groups excluding carboxylic acids is 1. The van der Waals surface area contributed by atoms with Gasteiger partial charge in [-0.25, -0.2) is 4.98 Å². The zero-order valence-electron chi connectivity index (χ0n) is 14.0. The van der Waals surface area contributed by atoms with Crippen LogP contribution in [0.1, 0.15) is 11.4 Å². The van der Waals surface area contributed by atoms with Gasteiger partial charge in [0.1, 0.15) is 0 Å². The maximum Gasteiger partial charge on any atom is 0.221 e. The van der Waals surface area contributed by atoms with E-state index in [-0.39, 0.29) is 5.91 Å². The van der Waals surface area contributed by atoms with Gasteiger partial charge in [-0.1, -0.05) is 23.7 Å². The van der Waals surface area contributed by atoms with E-state index >= 15 is 0 Å². The average molecular weight is 380 g/mol. The van der Waals surface area contributed by atoms with Gasteiger partial charge in [-0.15, -0.1) is 11.3 Å². The molecule has 1 saturated heterocycles. The summed E-state index contributed by atoms with van der Waals surface area (Å²) in [5, 5.41) is 6.77. The van der Waals surface area contributed by atoms with Crippen LogP contribution in [0, 0.1) is 0 Å². The second kappa shape index (κ2) is 9.29. The van der Waals surface area contributed by atoms with E-state index in [0.29, 0.717) is 13.0 Å². The van der Waals surface area contributed by atoms with Crippen molar-refractivity contribution >= 4 is 28.8 Å². The van der Waals surface area contributed by atoms with Crippen LogP contribution in [0.3, 0.4) is 0 Å². The molecule has 2 heterocycles. The molecule has 7 heteroatoms. The van der Waals surface area contributed by atoms with E-state index in [9.17, 15) is 4.79 Å². The number of hydrogen-bond acceptors (Lipinski definition) is 5. The molecular weight excluding hydrogens is 358 g/mol. The minimum absolute atomic E-state index is 0.0981. The highest BCUT2D eigenvalue weighted by molar-refractivity contribution is 7.09. The van der Waals surface area contributed by atoms with Crippen LogP contribution in [0.4, 0.5) is 0 Å². The summed E-state index contributed by atoms with van der Waals surface area (Å²) in [6, 6.07) is 7.67. The van der Waals surface area contributed by atoms with Crippen LogP contribution in [-0.4, -0.2) is 55.2 Å². The Balaban J connectivity index is 1.38. The summed E-state index contributed by atoms with van der Waals surface area (Å²) in [7, 11) is 0. The van der Waals surface area contributed by atoms with Crippen molar-refractivity contribution in [2.45, 2.75) is 12.8 Å². The number of aromatic nitrogens is 1. The minimum Gasteiger partial charge on any atom is -0.379 e. The van der Waals surface area contributed by atoms with Crippen molar-refractivity contribution in [3.05, 3.63) is 39.7 Å². The smallest absolute Gasteiger partial charge is 0.221 e. The fourth-order valence-corrected chi connectivity index (χ4v) is 3.59. The number of thiazole rings is 1. The first kappa shape index (κ1) is 18.3. The van der Waals surface area contributed by atoms with Crippen LogP contribution in [0.25, 0.3) is 11.3 Å². The Morgan fingerprint density at radius 1 is 1.28 bits per heavy atom. The van der Waals surface area contributed by atoms with Crippen LogP contribution in [0.15, 0.2) is 29.6 Å². The average Bonchev–Trinajstić information content (AvgIpc) is 3.10. The molecule has 1 aromatic carbocycles. The maximum absolute atomic E-state index is 11.9. The molecule has 1 aliphatic rings. The molecule has 5 nitrogen and oxygen atoms in total. The lowest BCUT2D eigenvalue weighted by molar-refractivity contribution is -0.121. The van der Waals surface area contributed by atoms with Crippen LogP contribution >= 0.6 is 22.9 Å². The Morgan fingerprint density at radius 2 is 2.04 bits per heavy atom. The Bertz CT molecular complexity index is 684. The number of carbonyl (C=O) groups is 1. The molecule has 2 aromatic rings. The molecule has 1 fully saturated rings. The third kappa shape index (κ3) is 5.78. The molecular formula is C18H22ClN3O2S. The molecule has 0 unspecified atom stereocenters. The van der Waals surface area contributed by atoms with E-state index in [4.69, 9.17) is 16.3 Å². The summed E-state index contributed by atoms with van der Waals surface area (Å²) in [6.07, 6.45) is 1.29. The number of benzene rings is 1. The molecule has 1 N–H and O–H groups in total. The van der Waals surface area contributed by atoms with Crippen molar-refractivity contribution in [2.75, 3.05) is 39.4 Å². The second-order valence-electron chi connectivity index (χ2n) is 5.94. The Kier molecular flexibility index (Phi) is 6.81. The topological polar surface area (TPSA) is 54.5 Å². The largest absolute Gasteiger partial charge is 0.379 e. The normalized spacial score (nSPS) is 15.2. The van der Waals surface area contributed by atoms with Crippen molar-refractivity contribution in [1.82, 2.24) is 15.2 Å². The van der Waals surface area contributed by atoms with Gasteiger partial charge in [0.15, 0.2) is 0 Å². The first-order chi connectivity index (χ1) is 12.2. The molecule has 1 aromatic heterocycles. The molecule has 1 amide bonds. The van der Waals surface area contributed by atoms with Gasteiger partial charge in [0, 0.05) is 55.0 Å². The Hall–Kier alpha value is -1.47.